The van der Waals surface area contributed by atoms with Crippen molar-refractivity contribution in [2.75, 3.05) is 6.54 Å². The highest BCUT2D eigenvalue weighted by molar-refractivity contribution is 6.03. The fourth-order valence-corrected chi connectivity index (χ4v) is 3.79. The summed E-state index contributed by atoms with van der Waals surface area (Å²) in [6, 6.07) is 13.8. The molecule has 0 radical (unpaired) electrons. The molecule has 138 valence electrons. The molecule has 1 amide bonds. The number of hydrogen-bond acceptors (Lipinski definition) is 4. The number of amides is 1. The van der Waals surface area contributed by atoms with Crippen LogP contribution in [0, 0.1) is 6.92 Å². The fourth-order valence-electron chi connectivity index (χ4n) is 3.79. The first-order valence-electron chi connectivity index (χ1n) is 9.23. The minimum Gasteiger partial charge on any atom is -0.455 e. The van der Waals surface area contributed by atoms with Gasteiger partial charge in [0.15, 0.2) is 11.5 Å². The number of carbonyl (C=O) groups is 2. The molecule has 1 atom stereocenters. The van der Waals surface area contributed by atoms with E-state index in [2.05, 4.69) is 5.32 Å². The maximum absolute atomic E-state index is 12.8. The Hall–Kier alpha value is -2.92. The SMILES string of the molecule is Cc1c(C(=O)NC(CN)c2ccc3ccccc3c2)oc2c1C(=O)CCC2. The van der Waals surface area contributed by atoms with Gasteiger partial charge in [-0.25, -0.2) is 0 Å². The van der Waals surface area contributed by atoms with Crippen LogP contribution in [0.1, 0.15) is 56.7 Å². The molecule has 2 aromatic carbocycles. The van der Waals surface area contributed by atoms with E-state index in [9.17, 15) is 9.59 Å². The normalized spacial score (nSPS) is 14.8. The molecular weight excluding hydrogens is 340 g/mol. The van der Waals surface area contributed by atoms with Crippen molar-refractivity contribution in [1.82, 2.24) is 5.32 Å². The number of hydrogen-bond donors (Lipinski definition) is 2. The molecule has 5 heteroatoms. The third-order valence-electron chi connectivity index (χ3n) is 5.23. The number of benzene rings is 2. The van der Waals surface area contributed by atoms with Gasteiger partial charge in [0.05, 0.1) is 11.6 Å². The van der Waals surface area contributed by atoms with E-state index >= 15 is 0 Å². The van der Waals surface area contributed by atoms with Gasteiger partial charge in [0.1, 0.15) is 5.76 Å². The van der Waals surface area contributed by atoms with Crippen molar-refractivity contribution in [3.63, 3.8) is 0 Å². The van der Waals surface area contributed by atoms with E-state index in [4.69, 9.17) is 10.2 Å². The van der Waals surface area contributed by atoms with Gasteiger partial charge < -0.3 is 15.5 Å². The average molecular weight is 362 g/mol. The Labute approximate surface area is 157 Å². The van der Waals surface area contributed by atoms with Crippen LogP contribution in [0.3, 0.4) is 0 Å². The van der Waals surface area contributed by atoms with Gasteiger partial charge in [-0.2, -0.15) is 0 Å². The number of Topliss-reactive ketones (excluding diaryl/α,β-unsaturated/α-hetero) is 1. The van der Waals surface area contributed by atoms with Crippen molar-refractivity contribution in [2.24, 2.45) is 5.73 Å². The van der Waals surface area contributed by atoms with Gasteiger partial charge in [-0.05, 0) is 35.7 Å². The van der Waals surface area contributed by atoms with Crippen molar-refractivity contribution in [3.8, 4) is 0 Å². The van der Waals surface area contributed by atoms with Gasteiger partial charge in [0.25, 0.3) is 5.91 Å². The molecular formula is C22H22N2O3. The molecule has 0 bridgehead atoms. The molecule has 1 aliphatic rings. The van der Waals surface area contributed by atoms with E-state index in [0.717, 1.165) is 22.8 Å². The van der Waals surface area contributed by atoms with Crippen LogP contribution in [0.2, 0.25) is 0 Å². The second-order valence-corrected chi connectivity index (χ2v) is 7.00. The lowest BCUT2D eigenvalue weighted by Gasteiger charge is -2.17. The molecule has 3 aromatic rings. The van der Waals surface area contributed by atoms with E-state index in [-0.39, 0.29) is 30.0 Å². The number of nitrogens with two attached hydrogens (primary N) is 1. The Kier molecular flexibility index (Phi) is 4.54. The summed E-state index contributed by atoms with van der Waals surface area (Å²) in [6.45, 7) is 2.04. The predicted molar refractivity (Wildman–Crippen MR) is 104 cm³/mol. The van der Waals surface area contributed by atoms with E-state index < -0.39 is 0 Å². The molecule has 0 aliphatic heterocycles. The van der Waals surface area contributed by atoms with E-state index in [0.29, 0.717) is 29.7 Å². The number of nitrogens with one attached hydrogen (secondary N) is 1. The third-order valence-corrected chi connectivity index (χ3v) is 5.23. The lowest BCUT2D eigenvalue weighted by molar-refractivity contribution is 0.0904. The summed E-state index contributed by atoms with van der Waals surface area (Å²) in [7, 11) is 0. The molecule has 0 saturated heterocycles. The van der Waals surface area contributed by atoms with Crippen LogP contribution < -0.4 is 11.1 Å². The number of rotatable bonds is 4. The van der Waals surface area contributed by atoms with Crippen LogP contribution >= 0.6 is 0 Å². The van der Waals surface area contributed by atoms with Crippen molar-refractivity contribution < 1.29 is 14.0 Å². The Balaban J connectivity index is 1.61. The maximum atomic E-state index is 12.8. The molecule has 0 saturated carbocycles. The van der Waals surface area contributed by atoms with Gasteiger partial charge in [-0.3, -0.25) is 9.59 Å². The van der Waals surface area contributed by atoms with Crippen molar-refractivity contribution in [2.45, 2.75) is 32.2 Å². The van der Waals surface area contributed by atoms with Crippen LogP contribution in [0.25, 0.3) is 10.8 Å². The van der Waals surface area contributed by atoms with Crippen LogP contribution in [0.5, 0.6) is 0 Å². The zero-order chi connectivity index (χ0) is 19.0. The highest BCUT2D eigenvalue weighted by Crippen LogP contribution is 2.30. The minimum absolute atomic E-state index is 0.0569. The second-order valence-electron chi connectivity index (χ2n) is 7.00. The average Bonchev–Trinajstić information content (AvgIpc) is 3.03. The predicted octanol–water partition coefficient (Wildman–Crippen LogP) is 3.69. The van der Waals surface area contributed by atoms with Crippen LogP contribution in [0.4, 0.5) is 0 Å². The summed E-state index contributed by atoms with van der Waals surface area (Å²) < 4.78 is 5.75. The molecule has 5 nitrogen and oxygen atoms in total. The number of fused-ring (bicyclic) bond motifs is 2. The zero-order valence-electron chi connectivity index (χ0n) is 15.2. The topological polar surface area (TPSA) is 85.3 Å². The molecule has 0 fully saturated rings. The number of ketones is 1. The minimum atomic E-state index is -0.335. The van der Waals surface area contributed by atoms with Gasteiger partial charge in [-0.15, -0.1) is 0 Å². The van der Waals surface area contributed by atoms with Gasteiger partial charge in [0.2, 0.25) is 0 Å². The first kappa shape index (κ1) is 17.5. The summed E-state index contributed by atoms with van der Waals surface area (Å²) in [5, 5.41) is 5.19. The maximum Gasteiger partial charge on any atom is 0.287 e. The van der Waals surface area contributed by atoms with Gasteiger partial charge in [0, 0.05) is 24.9 Å². The van der Waals surface area contributed by atoms with Crippen molar-refractivity contribution >= 4 is 22.5 Å². The largest absolute Gasteiger partial charge is 0.455 e. The molecule has 1 aromatic heterocycles. The third kappa shape index (κ3) is 3.15. The molecule has 1 heterocycles. The van der Waals surface area contributed by atoms with Crippen molar-refractivity contribution in [1.29, 1.82) is 0 Å². The highest BCUT2D eigenvalue weighted by atomic mass is 16.4. The van der Waals surface area contributed by atoms with Crippen molar-refractivity contribution in [3.05, 3.63) is 70.7 Å². The van der Waals surface area contributed by atoms with E-state index in [1.807, 2.05) is 42.5 Å². The van der Waals surface area contributed by atoms with E-state index in [1.54, 1.807) is 6.92 Å². The standard InChI is InChI=1S/C22H22N2O3/c1-13-20-18(25)7-4-8-19(20)27-21(13)22(26)24-17(12-23)16-10-9-14-5-2-3-6-15(14)11-16/h2-3,5-6,9-11,17H,4,7-8,12,23H2,1H3,(H,24,26). The number of carbonyl (C=O) groups excluding carboxylic acids is 2. The summed E-state index contributed by atoms with van der Waals surface area (Å²) in [5.74, 6) is 0.568. The Morgan fingerprint density at radius 1 is 1.19 bits per heavy atom. The second kappa shape index (κ2) is 7.00. The lowest BCUT2D eigenvalue weighted by atomic mass is 9.94. The Bertz CT molecular complexity index is 1040. The molecule has 1 aliphatic carbocycles. The molecule has 27 heavy (non-hydrogen) atoms. The quantitative estimate of drug-likeness (QED) is 0.741. The summed E-state index contributed by atoms with van der Waals surface area (Å²) in [6.07, 6.45) is 1.97. The van der Waals surface area contributed by atoms with Gasteiger partial charge >= 0.3 is 0 Å². The molecule has 3 N–H and O–H groups in total. The lowest BCUT2D eigenvalue weighted by Crippen LogP contribution is -2.33. The summed E-state index contributed by atoms with van der Waals surface area (Å²) in [4.78, 5) is 25.0. The van der Waals surface area contributed by atoms with Gasteiger partial charge in [-0.1, -0.05) is 36.4 Å². The monoisotopic (exact) mass is 362 g/mol. The fraction of sp³-hybridized carbons (Fsp3) is 0.273. The highest BCUT2D eigenvalue weighted by Gasteiger charge is 2.29. The number of aryl methyl sites for hydroxylation is 1. The first-order chi connectivity index (χ1) is 13.1. The Morgan fingerprint density at radius 3 is 2.70 bits per heavy atom. The summed E-state index contributed by atoms with van der Waals surface area (Å²) >= 11 is 0. The Morgan fingerprint density at radius 2 is 1.96 bits per heavy atom. The van der Waals surface area contributed by atoms with Crippen LogP contribution in [-0.4, -0.2) is 18.2 Å². The van der Waals surface area contributed by atoms with E-state index in [1.165, 1.54) is 0 Å². The zero-order valence-corrected chi connectivity index (χ0v) is 15.2. The molecule has 1 unspecified atom stereocenters. The smallest absolute Gasteiger partial charge is 0.287 e. The molecule has 4 rings (SSSR count). The molecule has 0 spiro atoms. The summed E-state index contributed by atoms with van der Waals surface area (Å²) in [5.41, 5.74) is 8.08. The number of furan rings is 1. The first-order valence-corrected chi connectivity index (χ1v) is 9.23. The van der Waals surface area contributed by atoms with Crippen LogP contribution in [0.15, 0.2) is 46.9 Å². The van der Waals surface area contributed by atoms with Crippen LogP contribution in [-0.2, 0) is 6.42 Å².